The molecule has 0 aliphatic heterocycles. The molecule has 0 saturated heterocycles. The summed E-state index contributed by atoms with van der Waals surface area (Å²) in [6.07, 6.45) is 5.50. The molecule has 6 heteroatoms. The van der Waals surface area contributed by atoms with Gasteiger partial charge in [0, 0.05) is 32.1 Å². The first-order valence-corrected chi connectivity index (χ1v) is 6.88. The molecule has 1 saturated carbocycles. The van der Waals surface area contributed by atoms with Crippen LogP contribution in [0.15, 0.2) is 4.99 Å². The van der Waals surface area contributed by atoms with Crippen LogP contribution in [0.25, 0.3) is 0 Å². The van der Waals surface area contributed by atoms with E-state index in [1.807, 2.05) is 13.8 Å². The summed E-state index contributed by atoms with van der Waals surface area (Å²) in [5, 5.41) is 9.43. The zero-order chi connectivity index (χ0) is 13.4. The number of carbonyl (C=O) groups is 1. The molecule has 1 amide bonds. The summed E-state index contributed by atoms with van der Waals surface area (Å²) >= 11 is 0. The molecular weight excluding hydrogens is 355 g/mol. The predicted octanol–water partition coefficient (Wildman–Crippen LogP) is 1.63. The third-order valence-electron chi connectivity index (χ3n) is 3.01. The number of rotatable bonds is 5. The lowest BCUT2D eigenvalue weighted by molar-refractivity contribution is -0.121. The van der Waals surface area contributed by atoms with Gasteiger partial charge in [0.2, 0.25) is 5.91 Å². The number of nitrogens with zero attached hydrogens (tertiary/aromatic N) is 1. The van der Waals surface area contributed by atoms with E-state index < -0.39 is 0 Å². The Morgan fingerprint density at radius 2 is 1.95 bits per heavy atom. The SMILES string of the molecule is CN=C(NCCC(=O)NC(C)C)NC1CCCC1.I. The van der Waals surface area contributed by atoms with Crippen molar-refractivity contribution in [3.05, 3.63) is 0 Å². The average molecular weight is 382 g/mol. The molecule has 0 heterocycles. The van der Waals surface area contributed by atoms with Crippen LogP contribution in [0.3, 0.4) is 0 Å². The van der Waals surface area contributed by atoms with Crippen LogP contribution in [0.2, 0.25) is 0 Å². The summed E-state index contributed by atoms with van der Waals surface area (Å²) in [6, 6.07) is 0.745. The fraction of sp³-hybridized carbons (Fsp3) is 0.846. The summed E-state index contributed by atoms with van der Waals surface area (Å²) in [6.45, 7) is 4.54. The first kappa shape index (κ1) is 18.5. The second-order valence-corrected chi connectivity index (χ2v) is 5.10. The average Bonchev–Trinajstić information content (AvgIpc) is 2.79. The van der Waals surface area contributed by atoms with Crippen molar-refractivity contribution in [2.24, 2.45) is 4.99 Å². The molecule has 0 unspecified atom stereocenters. The number of carbonyl (C=O) groups excluding carboxylic acids is 1. The quantitative estimate of drug-likeness (QED) is 0.385. The lowest BCUT2D eigenvalue weighted by Gasteiger charge is -2.16. The molecule has 0 bridgehead atoms. The number of amides is 1. The monoisotopic (exact) mass is 382 g/mol. The Morgan fingerprint density at radius 3 is 2.47 bits per heavy atom. The van der Waals surface area contributed by atoms with Crippen molar-refractivity contribution in [3.8, 4) is 0 Å². The van der Waals surface area contributed by atoms with Crippen molar-refractivity contribution >= 4 is 35.8 Å². The zero-order valence-electron chi connectivity index (χ0n) is 12.2. The molecule has 112 valence electrons. The molecule has 0 atom stereocenters. The largest absolute Gasteiger partial charge is 0.356 e. The van der Waals surface area contributed by atoms with E-state index in [1.165, 1.54) is 25.7 Å². The van der Waals surface area contributed by atoms with Crippen molar-refractivity contribution in [2.75, 3.05) is 13.6 Å². The van der Waals surface area contributed by atoms with Crippen molar-refractivity contribution in [1.29, 1.82) is 0 Å². The van der Waals surface area contributed by atoms with Crippen LogP contribution in [-0.2, 0) is 4.79 Å². The highest BCUT2D eigenvalue weighted by molar-refractivity contribution is 14.0. The second-order valence-electron chi connectivity index (χ2n) is 5.10. The van der Waals surface area contributed by atoms with E-state index in [9.17, 15) is 4.79 Å². The van der Waals surface area contributed by atoms with E-state index in [4.69, 9.17) is 0 Å². The third kappa shape index (κ3) is 8.28. The summed E-state index contributed by atoms with van der Waals surface area (Å²) in [7, 11) is 1.76. The fourth-order valence-electron chi connectivity index (χ4n) is 2.15. The molecule has 0 aromatic carbocycles. The Hall–Kier alpha value is -0.530. The highest BCUT2D eigenvalue weighted by Crippen LogP contribution is 2.17. The minimum Gasteiger partial charge on any atom is -0.356 e. The van der Waals surface area contributed by atoms with Crippen LogP contribution in [-0.4, -0.2) is 37.5 Å². The van der Waals surface area contributed by atoms with Crippen LogP contribution in [0.5, 0.6) is 0 Å². The second kappa shape index (κ2) is 10.3. The molecule has 0 aromatic heterocycles. The van der Waals surface area contributed by atoms with E-state index in [0.29, 0.717) is 19.0 Å². The van der Waals surface area contributed by atoms with Crippen molar-refractivity contribution in [3.63, 3.8) is 0 Å². The van der Waals surface area contributed by atoms with Gasteiger partial charge in [0.05, 0.1) is 0 Å². The number of halogens is 1. The van der Waals surface area contributed by atoms with Gasteiger partial charge in [-0.05, 0) is 26.7 Å². The van der Waals surface area contributed by atoms with E-state index in [2.05, 4.69) is 20.9 Å². The van der Waals surface area contributed by atoms with Crippen LogP contribution >= 0.6 is 24.0 Å². The van der Waals surface area contributed by atoms with Gasteiger partial charge in [-0.2, -0.15) is 0 Å². The Kier molecular flexibility index (Phi) is 9.99. The normalized spacial score (nSPS) is 16.1. The molecule has 3 N–H and O–H groups in total. The Balaban J connectivity index is 0.00000324. The van der Waals surface area contributed by atoms with Crippen molar-refractivity contribution in [2.45, 2.75) is 58.0 Å². The summed E-state index contributed by atoms with van der Waals surface area (Å²) < 4.78 is 0. The molecule has 19 heavy (non-hydrogen) atoms. The topological polar surface area (TPSA) is 65.5 Å². The van der Waals surface area contributed by atoms with Gasteiger partial charge in [0.1, 0.15) is 0 Å². The van der Waals surface area contributed by atoms with Crippen molar-refractivity contribution < 1.29 is 4.79 Å². The lowest BCUT2D eigenvalue weighted by atomic mass is 10.2. The standard InChI is InChI=1S/C13H26N4O.HI/c1-10(2)16-12(18)8-9-15-13(14-3)17-11-6-4-5-7-11;/h10-11H,4-9H2,1-3H3,(H,16,18)(H2,14,15,17);1H. The highest BCUT2D eigenvalue weighted by Gasteiger charge is 2.15. The third-order valence-corrected chi connectivity index (χ3v) is 3.01. The Morgan fingerprint density at radius 1 is 1.32 bits per heavy atom. The molecule has 1 aliphatic carbocycles. The first-order chi connectivity index (χ1) is 8.61. The number of hydrogen-bond acceptors (Lipinski definition) is 2. The smallest absolute Gasteiger partial charge is 0.221 e. The molecular formula is C13H27IN4O. The molecule has 0 spiro atoms. The Labute approximate surface area is 133 Å². The highest BCUT2D eigenvalue weighted by atomic mass is 127. The van der Waals surface area contributed by atoms with E-state index >= 15 is 0 Å². The Bertz CT molecular complexity index is 288. The van der Waals surface area contributed by atoms with Gasteiger partial charge < -0.3 is 16.0 Å². The molecule has 5 nitrogen and oxygen atoms in total. The number of guanidine groups is 1. The minimum absolute atomic E-state index is 0. The van der Waals surface area contributed by atoms with E-state index in [1.54, 1.807) is 7.05 Å². The lowest BCUT2D eigenvalue weighted by Crippen LogP contribution is -2.43. The summed E-state index contributed by atoms with van der Waals surface area (Å²) in [5.41, 5.74) is 0. The maximum Gasteiger partial charge on any atom is 0.221 e. The number of nitrogens with one attached hydrogen (secondary N) is 3. The molecule has 0 aromatic rings. The number of aliphatic imine (C=N–C) groups is 1. The summed E-state index contributed by atoms with van der Waals surface area (Å²) in [4.78, 5) is 15.6. The minimum atomic E-state index is 0. The van der Waals surface area contributed by atoms with Crippen LogP contribution < -0.4 is 16.0 Å². The van der Waals surface area contributed by atoms with E-state index in [0.717, 1.165) is 5.96 Å². The van der Waals surface area contributed by atoms with Gasteiger partial charge in [0.15, 0.2) is 5.96 Å². The zero-order valence-corrected chi connectivity index (χ0v) is 14.5. The predicted molar refractivity (Wildman–Crippen MR) is 90.1 cm³/mol. The molecule has 0 radical (unpaired) electrons. The molecule has 1 aliphatic rings. The van der Waals surface area contributed by atoms with E-state index in [-0.39, 0.29) is 35.9 Å². The van der Waals surface area contributed by atoms with Gasteiger partial charge in [-0.3, -0.25) is 9.79 Å². The van der Waals surface area contributed by atoms with Crippen LogP contribution in [0.1, 0.15) is 46.0 Å². The molecule has 1 fully saturated rings. The first-order valence-electron chi connectivity index (χ1n) is 6.88. The molecule has 1 rings (SSSR count). The van der Waals surface area contributed by atoms with Crippen molar-refractivity contribution in [1.82, 2.24) is 16.0 Å². The van der Waals surface area contributed by atoms with Gasteiger partial charge in [-0.1, -0.05) is 12.8 Å². The maximum absolute atomic E-state index is 11.5. The van der Waals surface area contributed by atoms with Gasteiger partial charge in [-0.15, -0.1) is 24.0 Å². The van der Waals surface area contributed by atoms with Gasteiger partial charge in [-0.25, -0.2) is 0 Å². The van der Waals surface area contributed by atoms with Gasteiger partial charge >= 0.3 is 0 Å². The maximum atomic E-state index is 11.5. The fourth-order valence-corrected chi connectivity index (χ4v) is 2.15. The van der Waals surface area contributed by atoms with Crippen LogP contribution in [0.4, 0.5) is 0 Å². The van der Waals surface area contributed by atoms with Crippen LogP contribution in [0, 0.1) is 0 Å². The number of hydrogen-bond donors (Lipinski definition) is 3. The summed E-state index contributed by atoms with van der Waals surface area (Å²) in [5.74, 6) is 0.882. The van der Waals surface area contributed by atoms with Gasteiger partial charge in [0.25, 0.3) is 0 Å².